The summed E-state index contributed by atoms with van der Waals surface area (Å²) in [6, 6.07) is 0. The monoisotopic (exact) mass is 735 g/mol. The molecule has 0 aromatic heterocycles. The molecule has 0 aromatic rings. The number of Topliss-reactive ketones (excluding diaryl/α,β-unsaturated/α-hetero) is 2. The summed E-state index contributed by atoms with van der Waals surface area (Å²) in [5.74, 6) is 5.31. The first-order chi connectivity index (χ1) is 22.7. The standard InChI is InChI=1S/C36H65NO10S2/c1-12-20-30(4)48(40)37-49(41,42)36(10,11)47-24-19-15-17-22-33(39)35(8,9)46-28-26-43-25-27-45-34(6,7)32(38)21-16-14-18-23-44-31(5)29(3)13-2/h13,30-31,37H,14-19,21-28H2,1-11H3. The number of carbonyl (C=O) groups excluding carboxylic acids is 2. The Morgan fingerprint density at radius 1 is 0.776 bits per heavy atom. The van der Waals surface area contributed by atoms with Gasteiger partial charge < -0.3 is 23.7 Å². The Balaban J connectivity index is 4.17. The first-order valence-electron chi connectivity index (χ1n) is 17.4. The molecule has 0 aliphatic rings. The molecule has 0 saturated heterocycles. The number of carbonyl (C=O) groups is 2. The fourth-order valence-electron chi connectivity index (χ4n) is 4.26. The first-order valence-corrected chi connectivity index (χ1v) is 20.1. The third-order valence-corrected chi connectivity index (χ3v) is 11.9. The van der Waals surface area contributed by atoms with Crippen molar-refractivity contribution in [2.24, 2.45) is 0 Å². The molecule has 0 rings (SSSR count). The number of allylic oxidation sites excluding steroid dienone is 1. The van der Waals surface area contributed by atoms with Gasteiger partial charge in [-0.05, 0) is 107 Å². The molecule has 3 unspecified atom stereocenters. The minimum Gasteiger partial charge on any atom is -0.377 e. The van der Waals surface area contributed by atoms with Gasteiger partial charge in [-0.25, -0.2) is 12.6 Å². The van der Waals surface area contributed by atoms with E-state index in [9.17, 15) is 22.2 Å². The van der Waals surface area contributed by atoms with E-state index in [4.69, 9.17) is 23.7 Å². The highest BCUT2D eigenvalue weighted by atomic mass is 32.3. The van der Waals surface area contributed by atoms with Crippen molar-refractivity contribution < 1.29 is 45.9 Å². The van der Waals surface area contributed by atoms with Crippen LogP contribution >= 0.6 is 0 Å². The molecule has 1 N–H and O–H groups in total. The van der Waals surface area contributed by atoms with Gasteiger partial charge in [0.2, 0.25) is 0 Å². The topological polar surface area (TPSA) is 144 Å². The van der Waals surface area contributed by atoms with Gasteiger partial charge in [0, 0.05) is 26.1 Å². The van der Waals surface area contributed by atoms with Crippen molar-refractivity contribution in [2.45, 2.75) is 155 Å². The summed E-state index contributed by atoms with van der Waals surface area (Å²) in [6.07, 6.45) is 7.40. The van der Waals surface area contributed by atoms with Crippen molar-refractivity contribution in [1.82, 2.24) is 4.13 Å². The van der Waals surface area contributed by atoms with Gasteiger partial charge >= 0.3 is 0 Å². The lowest BCUT2D eigenvalue weighted by Gasteiger charge is -2.26. The van der Waals surface area contributed by atoms with Crippen molar-refractivity contribution in [3.05, 3.63) is 11.6 Å². The van der Waals surface area contributed by atoms with Crippen LogP contribution < -0.4 is 4.13 Å². The molecule has 0 aromatic carbocycles. The fourth-order valence-corrected chi connectivity index (χ4v) is 6.97. The molecule has 0 aliphatic carbocycles. The van der Waals surface area contributed by atoms with Crippen LogP contribution in [0.3, 0.4) is 0 Å². The highest BCUT2D eigenvalue weighted by Crippen LogP contribution is 2.20. The van der Waals surface area contributed by atoms with E-state index in [1.807, 2.05) is 13.8 Å². The Morgan fingerprint density at radius 2 is 1.27 bits per heavy atom. The normalized spacial score (nSPS) is 15.0. The summed E-state index contributed by atoms with van der Waals surface area (Å²) >= 11 is 0. The van der Waals surface area contributed by atoms with Crippen LogP contribution in [0.4, 0.5) is 0 Å². The quantitative estimate of drug-likeness (QED) is 0.0555. The molecule has 0 amide bonds. The third kappa shape index (κ3) is 19.6. The Kier molecular flexibility index (Phi) is 23.1. The molecule has 11 nitrogen and oxygen atoms in total. The molecular weight excluding hydrogens is 671 g/mol. The molecule has 0 fully saturated rings. The van der Waals surface area contributed by atoms with Crippen molar-refractivity contribution in [3.63, 3.8) is 0 Å². The van der Waals surface area contributed by atoms with Crippen molar-refractivity contribution in [1.29, 1.82) is 0 Å². The van der Waals surface area contributed by atoms with Gasteiger partial charge in [-0.1, -0.05) is 24.8 Å². The van der Waals surface area contributed by atoms with E-state index < -0.39 is 42.4 Å². The zero-order valence-electron chi connectivity index (χ0n) is 32.0. The summed E-state index contributed by atoms with van der Waals surface area (Å²) < 4.78 is 68.2. The van der Waals surface area contributed by atoms with Crippen LogP contribution in [0.15, 0.2) is 11.6 Å². The van der Waals surface area contributed by atoms with Crippen LogP contribution in [0.1, 0.15) is 128 Å². The number of nitrogens with one attached hydrogen (secondary N) is 1. The SMILES string of the molecule is CC#CC(C)S(=O)NS(=O)(=O)C(C)(C)OCCCCCC(=O)C(C)(C)OCCOCCOC(C)(C)C(=O)CCCCCOC(C)C(C)=CC. The number of unbranched alkanes of at least 4 members (excludes halogenated alkanes) is 4. The Morgan fingerprint density at radius 3 is 1.73 bits per heavy atom. The molecule has 0 aliphatic heterocycles. The van der Waals surface area contributed by atoms with Crippen LogP contribution in [0, 0.1) is 11.8 Å². The van der Waals surface area contributed by atoms with Crippen molar-refractivity contribution >= 4 is 32.6 Å². The second-order valence-corrected chi connectivity index (χ2v) is 17.5. The number of rotatable bonds is 29. The minimum atomic E-state index is -4.03. The van der Waals surface area contributed by atoms with Gasteiger partial charge in [-0.15, -0.1) is 10.0 Å². The second-order valence-electron chi connectivity index (χ2n) is 13.5. The molecule has 3 atom stereocenters. The van der Waals surface area contributed by atoms with Crippen molar-refractivity contribution in [3.8, 4) is 11.8 Å². The van der Waals surface area contributed by atoms with E-state index >= 15 is 0 Å². The smallest absolute Gasteiger partial charge is 0.252 e. The molecule has 286 valence electrons. The maximum Gasteiger partial charge on any atom is 0.252 e. The molecule has 13 heteroatoms. The lowest BCUT2D eigenvalue weighted by atomic mass is 9.98. The van der Waals surface area contributed by atoms with Crippen LogP contribution in [0.2, 0.25) is 0 Å². The average Bonchev–Trinajstić information content (AvgIpc) is 3.02. The fraction of sp³-hybridized carbons (Fsp3) is 0.833. The summed E-state index contributed by atoms with van der Waals surface area (Å²) in [7, 11) is -5.92. The predicted molar refractivity (Wildman–Crippen MR) is 196 cm³/mol. The van der Waals surface area contributed by atoms with E-state index in [0.717, 1.165) is 19.3 Å². The maximum atomic E-state index is 12.7. The van der Waals surface area contributed by atoms with Gasteiger partial charge in [-0.2, -0.15) is 0 Å². The van der Waals surface area contributed by atoms with E-state index in [-0.39, 0.29) is 44.1 Å². The van der Waals surface area contributed by atoms with Crippen LogP contribution in [0.25, 0.3) is 0 Å². The summed E-state index contributed by atoms with van der Waals surface area (Å²) in [6.45, 7) is 21.0. The summed E-state index contributed by atoms with van der Waals surface area (Å²) in [5.41, 5.74) is -0.645. The van der Waals surface area contributed by atoms with Gasteiger partial charge in [-0.3, -0.25) is 9.59 Å². The summed E-state index contributed by atoms with van der Waals surface area (Å²) in [4.78, 5) is 23.8. The van der Waals surface area contributed by atoms with Crippen LogP contribution in [-0.4, -0.2) is 91.3 Å². The number of hydrogen-bond donors (Lipinski definition) is 1. The largest absolute Gasteiger partial charge is 0.377 e. The third-order valence-electron chi connectivity index (χ3n) is 8.24. The first kappa shape index (κ1) is 47.5. The molecule has 0 saturated carbocycles. The average molecular weight is 736 g/mol. The molecular formula is C36H65NO10S2. The molecule has 0 spiro atoms. The van der Waals surface area contributed by atoms with Crippen molar-refractivity contribution in [2.75, 3.05) is 39.6 Å². The van der Waals surface area contributed by atoms with Gasteiger partial charge in [0.1, 0.15) is 27.4 Å². The molecule has 0 bridgehead atoms. The lowest BCUT2D eigenvalue weighted by molar-refractivity contribution is -0.145. The van der Waals surface area contributed by atoms with Gasteiger partial charge in [0.05, 0.1) is 32.5 Å². The lowest BCUT2D eigenvalue weighted by Crippen LogP contribution is -2.46. The van der Waals surface area contributed by atoms with E-state index in [2.05, 4.69) is 29.0 Å². The zero-order chi connectivity index (χ0) is 37.7. The Labute approximate surface area is 300 Å². The van der Waals surface area contributed by atoms with Crippen LogP contribution in [-0.2, 0) is 54.3 Å². The predicted octanol–water partition coefficient (Wildman–Crippen LogP) is 5.97. The number of sulfonamides is 1. The Hall–Kier alpha value is -1.50. The second kappa shape index (κ2) is 23.9. The molecule has 0 heterocycles. The highest BCUT2D eigenvalue weighted by molar-refractivity contribution is 8.02. The number of ether oxygens (including phenoxy) is 5. The number of hydrogen-bond acceptors (Lipinski definition) is 10. The van der Waals surface area contributed by atoms with Gasteiger partial charge in [0.25, 0.3) is 10.0 Å². The summed E-state index contributed by atoms with van der Waals surface area (Å²) in [5, 5.41) is -0.650. The van der Waals surface area contributed by atoms with Gasteiger partial charge in [0.15, 0.2) is 16.5 Å². The van der Waals surface area contributed by atoms with E-state index in [1.165, 1.54) is 19.4 Å². The number of ketones is 2. The Bertz CT molecular complexity index is 1220. The molecule has 0 radical (unpaired) electrons. The van der Waals surface area contributed by atoms with E-state index in [0.29, 0.717) is 45.3 Å². The highest BCUT2D eigenvalue weighted by Gasteiger charge is 2.37. The zero-order valence-corrected chi connectivity index (χ0v) is 33.7. The van der Waals surface area contributed by atoms with Crippen LogP contribution in [0.5, 0.6) is 0 Å². The van der Waals surface area contributed by atoms with E-state index in [1.54, 1.807) is 41.5 Å². The maximum absolute atomic E-state index is 12.7. The minimum absolute atomic E-state index is 0.0401. The molecule has 49 heavy (non-hydrogen) atoms.